The number of benzene rings is 3. The lowest BCUT2D eigenvalue weighted by atomic mass is 9.95. The summed E-state index contributed by atoms with van der Waals surface area (Å²) in [6, 6.07) is 15.8. The van der Waals surface area contributed by atoms with Gasteiger partial charge in [0, 0.05) is 65.7 Å². The van der Waals surface area contributed by atoms with Crippen LogP contribution in [0.15, 0.2) is 91.1 Å². The van der Waals surface area contributed by atoms with Crippen molar-refractivity contribution in [3.05, 3.63) is 108 Å². The first kappa shape index (κ1) is 58.7. The average Bonchev–Trinajstić information content (AvgIpc) is 4.08. The van der Waals surface area contributed by atoms with Crippen LogP contribution in [0.5, 0.6) is 0 Å². The lowest BCUT2D eigenvalue weighted by Gasteiger charge is -2.32. The van der Waals surface area contributed by atoms with Gasteiger partial charge in [-0.2, -0.15) is 11.8 Å². The van der Waals surface area contributed by atoms with Crippen molar-refractivity contribution in [1.29, 1.82) is 0 Å². The summed E-state index contributed by atoms with van der Waals surface area (Å²) >= 11 is 1.47. The van der Waals surface area contributed by atoms with Crippen molar-refractivity contribution in [2.45, 2.75) is 134 Å². The van der Waals surface area contributed by atoms with E-state index in [9.17, 15) is 42.6 Å². The molecule has 2 aliphatic rings. The minimum atomic E-state index is -1.39. The van der Waals surface area contributed by atoms with Crippen LogP contribution >= 0.6 is 11.8 Å². The van der Waals surface area contributed by atoms with Crippen LogP contribution in [0.4, 0.5) is 0 Å². The van der Waals surface area contributed by atoms with Gasteiger partial charge in [0.1, 0.15) is 48.3 Å². The standard InChI is InChI=1S/C56H75N9O9S2/c1-7-34(3)47-54(71)58-41(26-29-76(6)74)49(66)63-48(35(4)8-2)55(72)59-42(25-28-75-5)56(73)65-27-17-24-46(65)53(70)62-44(31-37-20-13-10-14-21-37)51(68)60-43(30-36-18-11-9-12-19-36)50(67)61-45(52(69)64-47)32-38-33-57-40-23-16-15-22-39(38)40/h9-16,18-23,33-35,41-48,57H,7-8,17,24-32H2,1-6H3,(H,58,71)(H,59,72)(H,60,68)(H,61,67)(H,62,70)(H,63,66)(H,64,69)/t34-,35+,41-,42-,43-,44-,45-,46-,47-,48-,76-/m0/s1. The van der Waals surface area contributed by atoms with Gasteiger partial charge in [-0.3, -0.25) is 42.6 Å². The summed E-state index contributed by atoms with van der Waals surface area (Å²) < 4.78 is 12.5. The van der Waals surface area contributed by atoms with Crippen LogP contribution in [-0.2, 0) is 68.4 Å². The Labute approximate surface area is 452 Å². The minimum absolute atomic E-state index is 0.0122. The maximum absolute atomic E-state index is 15.0. The maximum atomic E-state index is 15.0. The van der Waals surface area contributed by atoms with Gasteiger partial charge in [0.05, 0.1) is 0 Å². The molecule has 76 heavy (non-hydrogen) atoms. The highest BCUT2D eigenvalue weighted by atomic mass is 32.2. The zero-order chi connectivity index (χ0) is 54.9. The molecule has 0 aliphatic carbocycles. The zero-order valence-electron chi connectivity index (χ0n) is 44.4. The zero-order valence-corrected chi connectivity index (χ0v) is 46.0. The second kappa shape index (κ2) is 28.6. The Morgan fingerprint density at radius 3 is 1.59 bits per heavy atom. The van der Waals surface area contributed by atoms with Gasteiger partial charge in [0.15, 0.2) is 0 Å². The normalized spacial score (nSPS) is 25.1. The second-order valence-electron chi connectivity index (χ2n) is 20.0. The van der Waals surface area contributed by atoms with Gasteiger partial charge in [0.2, 0.25) is 47.3 Å². The fourth-order valence-electron chi connectivity index (χ4n) is 9.64. The van der Waals surface area contributed by atoms with Gasteiger partial charge < -0.3 is 47.1 Å². The summed E-state index contributed by atoms with van der Waals surface area (Å²) in [6.07, 6.45) is 6.76. The van der Waals surface area contributed by atoms with Gasteiger partial charge in [-0.05, 0) is 72.3 Å². The Bertz CT molecular complexity index is 2670. The highest BCUT2D eigenvalue weighted by molar-refractivity contribution is 7.98. The number of hydrogen-bond donors (Lipinski definition) is 8. The molecular weight excluding hydrogens is 1010 g/mol. The second-order valence-corrected chi connectivity index (χ2v) is 22.6. The number of carbonyl (C=O) groups is 8. The number of aromatic amines is 1. The minimum Gasteiger partial charge on any atom is -0.361 e. The van der Waals surface area contributed by atoms with E-state index in [2.05, 4.69) is 42.2 Å². The molecule has 4 aromatic rings. The molecule has 6 rings (SSSR count). The van der Waals surface area contributed by atoms with E-state index in [1.165, 1.54) is 22.9 Å². The number of rotatable bonds is 16. The van der Waals surface area contributed by atoms with Crippen LogP contribution in [0.3, 0.4) is 0 Å². The van der Waals surface area contributed by atoms with Crippen molar-refractivity contribution in [2.75, 3.05) is 30.6 Å². The Kier molecular flexibility index (Phi) is 22.1. The molecule has 20 heteroatoms. The van der Waals surface area contributed by atoms with Crippen molar-refractivity contribution >= 4 is 80.7 Å². The molecule has 3 heterocycles. The number of H-pyrrole nitrogens is 1. The van der Waals surface area contributed by atoms with E-state index in [1.807, 2.05) is 68.6 Å². The molecule has 2 fully saturated rings. The number of fused-ring (bicyclic) bond motifs is 2. The molecule has 2 aliphatic heterocycles. The van der Waals surface area contributed by atoms with Crippen molar-refractivity contribution in [2.24, 2.45) is 11.8 Å². The third-order valence-electron chi connectivity index (χ3n) is 14.5. The lowest BCUT2D eigenvalue weighted by molar-refractivity contribution is -0.143. The lowest BCUT2D eigenvalue weighted by Crippen LogP contribution is -2.63. The number of hydrogen-bond acceptors (Lipinski definition) is 10. The quantitative estimate of drug-likeness (QED) is 0.0813. The van der Waals surface area contributed by atoms with E-state index < -0.39 is 118 Å². The van der Waals surface area contributed by atoms with Crippen LogP contribution in [0, 0.1) is 11.8 Å². The van der Waals surface area contributed by atoms with Crippen LogP contribution < -0.4 is 37.2 Å². The molecule has 0 radical (unpaired) electrons. The molecular formula is C56H75N9O9S2. The van der Waals surface area contributed by atoms with Crippen molar-refractivity contribution < 1.29 is 42.6 Å². The van der Waals surface area contributed by atoms with Crippen molar-refractivity contribution in [3.63, 3.8) is 0 Å². The third kappa shape index (κ3) is 16.0. The Morgan fingerprint density at radius 2 is 1.05 bits per heavy atom. The fraction of sp³-hybridized carbons (Fsp3) is 0.500. The predicted molar refractivity (Wildman–Crippen MR) is 296 cm³/mol. The monoisotopic (exact) mass is 1080 g/mol. The van der Waals surface area contributed by atoms with E-state index in [0.717, 1.165) is 10.9 Å². The highest BCUT2D eigenvalue weighted by Crippen LogP contribution is 2.23. The number of para-hydroxylation sites is 1. The number of thioether (sulfide) groups is 1. The molecule has 8 amide bonds. The Balaban J connectivity index is 1.46. The summed E-state index contributed by atoms with van der Waals surface area (Å²) in [5, 5.41) is 21.0. The van der Waals surface area contributed by atoms with E-state index in [1.54, 1.807) is 56.4 Å². The predicted octanol–water partition coefficient (Wildman–Crippen LogP) is 3.21. The van der Waals surface area contributed by atoms with E-state index >= 15 is 0 Å². The van der Waals surface area contributed by atoms with Gasteiger partial charge in [0.25, 0.3) is 0 Å². The van der Waals surface area contributed by atoms with Crippen LogP contribution in [0.25, 0.3) is 10.9 Å². The van der Waals surface area contributed by atoms with Gasteiger partial charge in [-0.1, -0.05) is 119 Å². The third-order valence-corrected chi connectivity index (χ3v) is 16.0. The number of aromatic nitrogens is 1. The molecule has 3 aromatic carbocycles. The molecule has 410 valence electrons. The van der Waals surface area contributed by atoms with Gasteiger partial charge >= 0.3 is 0 Å². The summed E-state index contributed by atoms with van der Waals surface area (Å²) in [4.78, 5) is 122. The average molecular weight is 1080 g/mol. The number of nitrogens with one attached hydrogen (secondary N) is 8. The Morgan fingerprint density at radius 1 is 0.579 bits per heavy atom. The number of carbonyl (C=O) groups excluding carboxylic acids is 8. The maximum Gasteiger partial charge on any atom is 0.245 e. The number of nitrogens with zero attached hydrogens (tertiary/aromatic N) is 1. The summed E-state index contributed by atoms with van der Waals surface area (Å²) in [5.41, 5.74) is 2.87. The molecule has 0 unspecified atom stereocenters. The first-order valence-corrected chi connectivity index (χ1v) is 29.5. The fourth-order valence-corrected chi connectivity index (χ4v) is 10.7. The van der Waals surface area contributed by atoms with Gasteiger partial charge in [-0.15, -0.1) is 0 Å². The molecule has 1 aromatic heterocycles. The highest BCUT2D eigenvalue weighted by Gasteiger charge is 2.41. The van der Waals surface area contributed by atoms with Crippen molar-refractivity contribution in [3.8, 4) is 0 Å². The summed E-state index contributed by atoms with van der Waals surface area (Å²) in [7, 11) is -1.39. The van der Waals surface area contributed by atoms with Crippen molar-refractivity contribution in [1.82, 2.24) is 47.1 Å². The molecule has 0 bridgehead atoms. The summed E-state index contributed by atoms with van der Waals surface area (Å²) in [6.45, 7) is 7.43. The SMILES string of the molecule is CC[C@@H](C)[C@@H]1NC(=O)[C@H](CC[S@](C)=O)NC(=O)[C@H]([C@@H](C)CC)NC(=O)[C@H](Cc2c[nH]c3ccccc23)NC(=O)[C@H](Cc2ccccc2)NC(=O)[C@H](Cc2ccccc2)NC(=O)[C@@H]2CCCN2C(=O)[C@H](CCSC)NC1=O. The van der Waals surface area contributed by atoms with Crippen LogP contribution in [0.2, 0.25) is 0 Å². The first-order chi connectivity index (χ1) is 36.5. The summed E-state index contributed by atoms with van der Waals surface area (Å²) in [5.74, 6) is -5.78. The van der Waals surface area contributed by atoms with Crippen LogP contribution in [-0.4, -0.2) is 140 Å². The molecule has 8 N–H and O–H groups in total. The van der Waals surface area contributed by atoms with E-state index in [4.69, 9.17) is 0 Å². The van der Waals surface area contributed by atoms with E-state index in [0.29, 0.717) is 41.7 Å². The molecule has 2 saturated heterocycles. The van der Waals surface area contributed by atoms with Crippen LogP contribution in [0.1, 0.15) is 82.9 Å². The Hall–Kier alpha value is -6.54. The molecule has 0 saturated carbocycles. The number of amides is 8. The molecule has 0 spiro atoms. The smallest absolute Gasteiger partial charge is 0.245 e. The van der Waals surface area contributed by atoms with Gasteiger partial charge in [-0.25, -0.2) is 0 Å². The topological polar surface area (TPSA) is 257 Å². The largest absolute Gasteiger partial charge is 0.361 e. The molecule has 11 atom stereocenters. The first-order valence-electron chi connectivity index (χ1n) is 26.4. The van der Waals surface area contributed by atoms with E-state index in [-0.39, 0.29) is 50.8 Å². The molecule has 18 nitrogen and oxygen atoms in total.